The molecule has 3 rings (SSSR count). The summed E-state index contributed by atoms with van der Waals surface area (Å²) in [6.07, 6.45) is 8.78. The van der Waals surface area contributed by atoms with E-state index in [-0.39, 0.29) is 29.8 Å². The Balaban J connectivity index is 1.33. The van der Waals surface area contributed by atoms with Crippen LogP contribution in [0.2, 0.25) is 0 Å². The monoisotopic (exact) mass is 425 g/mol. The van der Waals surface area contributed by atoms with Crippen LogP contribution in [-0.4, -0.2) is 51.4 Å². The van der Waals surface area contributed by atoms with Gasteiger partial charge in [-0.1, -0.05) is 19.3 Å². The topological polar surface area (TPSA) is 78.5 Å². The molecule has 1 aromatic carbocycles. The molecule has 1 amide bonds. The minimum absolute atomic E-state index is 0.00959. The van der Waals surface area contributed by atoms with Crippen molar-refractivity contribution in [2.24, 2.45) is 5.92 Å². The van der Waals surface area contributed by atoms with E-state index in [0.29, 0.717) is 0 Å². The first-order valence-electron chi connectivity index (χ1n) is 10.7. The number of nitrogens with zero attached hydrogens (tertiary/aromatic N) is 1. The smallest absolute Gasteiger partial charge is 0.240 e. The summed E-state index contributed by atoms with van der Waals surface area (Å²) in [5, 5.41) is 3.03. The van der Waals surface area contributed by atoms with Crippen LogP contribution in [0.3, 0.4) is 0 Å². The van der Waals surface area contributed by atoms with E-state index in [1.807, 2.05) is 0 Å². The van der Waals surface area contributed by atoms with Crippen molar-refractivity contribution in [3.8, 4) is 0 Å². The highest BCUT2D eigenvalue weighted by molar-refractivity contribution is 7.89. The van der Waals surface area contributed by atoms with Crippen LogP contribution < -0.4 is 10.0 Å². The highest BCUT2D eigenvalue weighted by Crippen LogP contribution is 2.25. The molecule has 1 aliphatic heterocycles. The Morgan fingerprint density at radius 3 is 2.34 bits per heavy atom. The van der Waals surface area contributed by atoms with E-state index in [9.17, 15) is 17.6 Å². The SMILES string of the molecule is O=C(CCNS(=O)(=O)c1ccc(F)cc1)NC1CCN(CC2CCCCC2)CC1. The van der Waals surface area contributed by atoms with Gasteiger partial charge >= 0.3 is 0 Å². The van der Waals surface area contributed by atoms with Crippen LogP contribution in [-0.2, 0) is 14.8 Å². The number of carbonyl (C=O) groups excluding carboxylic acids is 1. The van der Waals surface area contributed by atoms with E-state index in [0.717, 1.165) is 44.0 Å². The minimum atomic E-state index is -3.73. The van der Waals surface area contributed by atoms with Gasteiger partial charge in [-0.3, -0.25) is 4.79 Å². The Bertz CT molecular complexity index is 756. The molecule has 0 atom stereocenters. The predicted molar refractivity (Wildman–Crippen MR) is 110 cm³/mol. The van der Waals surface area contributed by atoms with Crippen LogP contribution in [0.25, 0.3) is 0 Å². The summed E-state index contributed by atoms with van der Waals surface area (Å²) in [4.78, 5) is 14.7. The molecule has 29 heavy (non-hydrogen) atoms. The zero-order valence-corrected chi connectivity index (χ0v) is 17.7. The molecule has 0 radical (unpaired) electrons. The van der Waals surface area contributed by atoms with Gasteiger partial charge in [-0.05, 0) is 55.9 Å². The van der Waals surface area contributed by atoms with Crippen LogP contribution >= 0.6 is 0 Å². The number of likely N-dealkylation sites (tertiary alicyclic amines) is 1. The average molecular weight is 426 g/mol. The summed E-state index contributed by atoms with van der Waals surface area (Å²) in [6.45, 7) is 3.23. The number of amides is 1. The van der Waals surface area contributed by atoms with E-state index in [1.165, 1.54) is 50.8 Å². The van der Waals surface area contributed by atoms with Gasteiger partial charge in [0.2, 0.25) is 15.9 Å². The molecule has 0 bridgehead atoms. The number of rotatable bonds is 8. The summed E-state index contributed by atoms with van der Waals surface area (Å²) >= 11 is 0. The molecule has 1 aromatic rings. The van der Waals surface area contributed by atoms with Crippen molar-refractivity contribution in [2.75, 3.05) is 26.2 Å². The molecule has 1 aliphatic carbocycles. The number of carbonyl (C=O) groups is 1. The Hall–Kier alpha value is -1.51. The number of halogens is 1. The van der Waals surface area contributed by atoms with E-state index in [2.05, 4.69) is 14.9 Å². The van der Waals surface area contributed by atoms with Crippen LogP contribution in [0.5, 0.6) is 0 Å². The summed E-state index contributed by atoms with van der Waals surface area (Å²) in [5.41, 5.74) is 0. The quantitative estimate of drug-likeness (QED) is 0.671. The van der Waals surface area contributed by atoms with Crippen LogP contribution in [0.4, 0.5) is 4.39 Å². The lowest BCUT2D eigenvalue weighted by Gasteiger charge is -2.35. The fraction of sp³-hybridized carbons (Fsp3) is 0.667. The third-order valence-corrected chi connectivity index (χ3v) is 7.44. The third kappa shape index (κ3) is 7.04. The predicted octanol–water partition coefficient (Wildman–Crippen LogP) is 2.66. The van der Waals surface area contributed by atoms with E-state index < -0.39 is 15.8 Å². The van der Waals surface area contributed by atoms with Crippen LogP contribution in [0.15, 0.2) is 29.2 Å². The van der Waals surface area contributed by atoms with Crippen molar-refractivity contribution in [3.05, 3.63) is 30.1 Å². The second kappa shape index (κ2) is 10.5. The Morgan fingerprint density at radius 2 is 1.69 bits per heavy atom. The van der Waals surface area contributed by atoms with Gasteiger partial charge in [-0.2, -0.15) is 0 Å². The molecule has 1 heterocycles. The fourth-order valence-corrected chi connectivity index (χ4v) is 5.32. The van der Waals surface area contributed by atoms with Crippen molar-refractivity contribution in [1.82, 2.24) is 14.9 Å². The third-order valence-electron chi connectivity index (χ3n) is 5.96. The molecule has 0 aromatic heterocycles. The molecular formula is C21H32FN3O3S. The number of nitrogens with one attached hydrogen (secondary N) is 2. The number of hydrogen-bond donors (Lipinski definition) is 2. The maximum atomic E-state index is 12.9. The van der Waals surface area contributed by atoms with Crippen molar-refractivity contribution in [1.29, 1.82) is 0 Å². The van der Waals surface area contributed by atoms with Crippen LogP contribution in [0.1, 0.15) is 51.4 Å². The van der Waals surface area contributed by atoms with Gasteiger partial charge in [0.15, 0.2) is 0 Å². The molecule has 2 N–H and O–H groups in total. The normalized spacial score (nSPS) is 19.9. The zero-order chi connectivity index (χ0) is 20.7. The number of sulfonamides is 1. The summed E-state index contributed by atoms with van der Waals surface area (Å²) in [6, 6.07) is 4.78. The number of benzene rings is 1. The maximum Gasteiger partial charge on any atom is 0.240 e. The van der Waals surface area contributed by atoms with Crippen molar-refractivity contribution in [3.63, 3.8) is 0 Å². The van der Waals surface area contributed by atoms with Crippen molar-refractivity contribution < 1.29 is 17.6 Å². The summed E-state index contributed by atoms with van der Waals surface area (Å²) < 4.78 is 39.6. The van der Waals surface area contributed by atoms with E-state index >= 15 is 0 Å². The Labute approximate surface area is 173 Å². The standard InChI is InChI=1S/C21H32FN3O3S/c22-18-6-8-20(9-7-18)29(27,28)23-13-10-21(26)24-19-11-14-25(15-12-19)16-17-4-2-1-3-5-17/h6-9,17,19,23H,1-5,10-16H2,(H,24,26). The van der Waals surface area contributed by atoms with Crippen molar-refractivity contribution >= 4 is 15.9 Å². The highest BCUT2D eigenvalue weighted by Gasteiger charge is 2.23. The lowest BCUT2D eigenvalue weighted by molar-refractivity contribution is -0.121. The second-order valence-corrected chi connectivity index (χ2v) is 10.0. The lowest BCUT2D eigenvalue weighted by atomic mass is 9.88. The van der Waals surface area contributed by atoms with Gasteiger partial charge in [0.25, 0.3) is 0 Å². The molecule has 2 aliphatic rings. The lowest BCUT2D eigenvalue weighted by Crippen LogP contribution is -2.46. The second-order valence-electron chi connectivity index (χ2n) is 8.25. The zero-order valence-electron chi connectivity index (χ0n) is 16.9. The molecule has 1 saturated carbocycles. The minimum Gasteiger partial charge on any atom is -0.353 e. The van der Waals surface area contributed by atoms with Gasteiger partial charge in [-0.15, -0.1) is 0 Å². The fourth-order valence-electron chi connectivity index (χ4n) is 4.29. The number of piperidine rings is 1. The van der Waals surface area contributed by atoms with Crippen molar-refractivity contribution in [2.45, 2.75) is 62.3 Å². The van der Waals surface area contributed by atoms with Crippen LogP contribution in [0, 0.1) is 11.7 Å². The molecule has 2 fully saturated rings. The molecule has 1 saturated heterocycles. The molecular weight excluding hydrogens is 393 g/mol. The summed E-state index contributed by atoms with van der Waals surface area (Å²) in [5.74, 6) is 0.203. The highest BCUT2D eigenvalue weighted by atomic mass is 32.2. The van der Waals surface area contributed by atoms with Gasteiger partial charge in [0.05, 0.1) is 4.90 Å². The molecule has 6 nitrogen and oxygen atoms in total. The molecule has 0 spiro atoms. The van der Waals surface area contributed by atoms with Gasteiger partial charge < -0.3 is 10.2 Å². The first kappa shape index (κ1) is 22.2. The van der Waals surface area contributed by atoms with Gasteiger partial charge in [0, 0.05) is 38.6 Å². The summed E-state index contributed by atoms with van der Waals surface area (Å²) in [7, 11) is -3.73. The van der Waals surface area contributed by atoms with E-state index in [4.69, 9.17) is 0 Å². The maximum absolute atomic E-state index is 12.9. The molecule has 8 heteroatoms. The van der Waals surface area contributed by atoms with Gasteiger partial charge in [0.1, 0.15) is 5.82 Å². The molecule has 162 valence electrons. The largest absolute Gasteiger partial charge is 0.353 e. The van der Waals surface area contributed by atoms with E-state index in [1.54, 1.807) is 0 Å². The number of hydrogen-bond acceptors (Lipinski definition) is 4. The van der Waals surface area contributed by atoms with Gasteiger partial charge in [-0.25, -0.2) is 17.5 Å². The first-order valence-corrected chi connectivity index (χ1v) is 12.2. The molecule has 0 unspecified atom stereocenters. The first-order chi connectivity index (χ1) is 13.9. The average Bonchev–Trinajstić information content (AvgIpc) is 2.70. The Kier molecular flexibility index (Phi) is 8.03. The Morgan fingerprint density at radius 1 is 1.03 bits per heavy atom.